The van der Waals surface area contributed by atoms with E-state index in [1.165, 1.54) is 11.1 Å². The largest absolute Gasteiger partial charge is 0.508 e. The quantitative estimate of drug-likeness (QED) is 0.698. The lowest BCUT2D eigenvalue weighted by Crippen LogP contribution is -2.19. The van der Waals surface area contributed by atoms with Gasteiger partial charge in [0.1, 0.15) is 5.75 Å². The van der Waals surface area contributed by atoms with Crippen LogP contribution in [0.25, 0.3) is 0 Å². The highest BCUT2D eigenvalue weighted by Gasteiger charge is 2.22. The average molecular weight is 283 g/mol. The highest BCUT2D eigenvalue weighted by Crippen LogP contribution is 2.35. The molecule has 1 aliphatic rings. The van der Waals surface area contributed by atoms with Crippen molar-refractivity contribution in [3.63, 3.8) is 0 Å². The average Bonchev–Trinajstić information content (AvgIpc) is 2.83. The number of phenolic OH excluding ortho intramolecular Hbond substituents is 1. The summed E-state index contributed by atoms with van der Waals surface area (Å²) in [5, 5.41) is 15.5. The van der Waals surface area contributed by atoms with E-state index in [4.69, 9.17) is 5.73 Å². The maximum atomic E-state index is 10.8. The van der Waals surface area contributed by atoms with Crippen LogP contribution in [-0.4, -0.2) is 11.1 Å². The number of anilines is 2. The summed E-state index contributed by atoms with van der Waals surface area (Å²) in [6, 6.07) is 12.6. The van der Waals surface area contributed by atoms with Crippen molar-refractivity contribution in [3.05, 3.63) is 53.6 Å². The van der Waals surface area contributed by atoms with E-state index in [9.17, 15) is 9.90 Å². The van der Waals surface area contributed by atoms with Gasteiger partial charge in [-0.3, -0.25) is 0 Å². The molecule has 1 unspecified atom stereocenters. The molecule has 3 rings (SSSR count). The van der Waals surface area contributed by atoms with Crippen LogP contribution in [0.15, 0.2) is 42.5 Å². The fraction of sp³-hybridized carbons (Fsp3) is 0.188. The summed E-state index contributed by atoms with van der Waals surface area (Å²) in [5.74, 6) is 0.316. The second kappa shape index (κ2) is 5.36. The summed E-state index contributed by atoms with van der Waals surface area (Å²) in [6.07, 6.45) is 1.96. The number of fused-ring (bicyclic) bond motifs is 1. The number of phenols is 1. The third kappa shape index (κ3) is 2.91. The molecule has 0 aromatic heterocycles. The molecule has 0 saturated carbocycles. The second-order valence-corrected chi connectivity index (χ2v) is 5.19. The number of nitrogens with two attached hydrogens (primary N) is 1. The molecule has 0 heterocycles. The Morgan fingerprint density at radius 3 is 2.57 bits per heavy atom. The second-order valence-electron chi connectivity index (χ2n) is 5.19. The molecule has 5 nitrogen and oxygen atoms in total. The number of carbonyl (C=O) groups excluding carboxylic acids is 1. The number of nitrogens with one attached hydrogen (secondary N) is 2. The molecule has 0 radical (unpaired) electrons. The molecule has 5 N–H and O–H groups in total. The van der Waals surface area contributed by atoms with Crippen molar-refractivity contribution in [2.75, 3.05) is 10.6 Å². The van der Waals surface area contributed by atoms with Gasteiger partial charge in [0.15, 0.2) is 0 Å². The molecule has 1 aliphatic carbocycles. The highest BCUT2D eigenvalue weighted by molar-refractivity contribution is 5.87. The predicted molar refractivity (Wildman–Crippen MR) is 82.4 cm³/mol. The predicted octanol–water partition coefficient (Wildman–Crippen LogP) is 2.98. The maximum absolute atomic E-state index is 10.8. The van der Waals surface area contributed by atoms with Crippen LogP contribution in [0.3, 0.4) is 0 Å². The van der Waals surface area contributed by atoms with E-state index in [1.807, 2.05) is 24.3 Å². The molecule has 0 bridgehead atoms. The number of aryl methyl sites for hydroxylation is 1. The molecule has 108 valence electrons. The van der Waals surface area contributed by atoms with Crippen molar-refractivity contribution >= 4 is 17.4 Å². The Balaban J connectivity index is 1.72. The van der Waals surface area contributed by atoms with Gasteiger partial charge in [-0.15, -0.1) is 0 Å². The van der Waals surface area contributed by atoms with E-state index in [-0.39, 0.29) is 6.04 Å². The Kier molecular flexibility index (Phi) is 3.39. The molecule has 0 fully saturated rings. The van der Waals surface area contributed by atoms with Crippen molar-refractivity contribution in [2.24, 2.45) is 5.73 Å². The van der Waals surface area contributed by atoms with Gasteiger partial charge in [0.2, 0.25) is 0 Å². The first-order chi connectivity index (χ1) is 10.1. The number of carbonyl (C=O) groups is 1. The topological polar surface area (TPSA) is 87.4 Å². The number of rotatable bonds is 3. The molecule has 1 atom stereocenters. The molecule has 5 heteroatoms. The van der Waals surface area contributed by atoms with Crippen molar-refractivity contribution in [2.45, 2.75) is 18.9 Å². The van der Waals surface area contributed by atoms with E-state index in [0.717, 1.165) is 18.5 Å². The van der Waals surface area contributed by atoms with Gasteiger partial charge in [-0.1, -0.05) is 6.07 Å². The zero-order valence-corrected chi connectivity index (χ0v) is 11.5. The highest BCUT2D eigenvalue weighted by atomic mass is 16.3. The first kappa shape index (κ1) is 13.3. The fourth-order valence-corrected chi connectivity index (χ4v) is 2.75. The lowest BCUT2D eigenvalue weighted by molar-refractivity contribution is 0.259. The number of urea groups is 1. The van der Waals surface area contributed by atoms with Gasteiger partial charge < -0.3 is 21.5 Å². The Morgan fingerprint density at radius 1 is 1.14 bits per heavy atom. The van der Waals surface area contributed by atoms with E-state index in [1.54, 1.807) is 18.2 Å². The Hall–Kier alpha value is -2.69. The number of hydrogen-bond acceptors (Lipinski definition) is 3. The Labute approximate surface area is 122 Å². The van der Waals surface area contributed by atoms with Gasteiger partial charge in [-0.2, -0.15) is 0 Å². The van der Waals surface area contributed by atoms with E-state index >= 15 is 0 Å². The molecule has 0 saturated heterocycles. The van der Waals surface area contributed by atoms with Gasteiger partial charge in [0.25, 0.3) is 0 Å². The van der Waals surface area contributed by atoms with E-state index < -0.39 is 6.03 Å². The Morgan fingerprint density at radius 2 is 1.86 bits per heavy atom. The molecule has 21 heavy (non-hydrogen) atoms. The Bertz CT molecular complexity index is 668. The van der Waals surface area contributed by atoms with Gasteiger partial charge in [0.05, 0.1) is 6.04 Å². The minimum Gasteiger partial charge on any atom is -0.508 e. The third-order valence-corrected chi connectivity index (χ3v) is 3.70. The van der Waals surface area contributed by atoms with Crippen molar-refractivity contribution in [3.8, 4) is 5.75 Å². The van der Waals surface area contributed by atoms with Gasteiger partial charge in [-0.25, -0.2) is 4.79 Å². The van der Waals surface area contributed by atoms with Crippen molar-refractivity contribution in [1.29, 1.82) is 0 Å². The minimum atomic E-state index is -0.569. The lowest BCUT2D eigenvalue weighted by Gasteiger charge is -2.16. The molecular weight excluding hydrogens is 266 g/mol. The van der Waals surface area contributed by atoms with E-state index in [0.29, 0.717) is 11.4 Å². The number of primary amides is 1. The molecular formula is C16H17N3O2. The summed E-state index contributed by atoms with van der Waals surface area (Å²) >= 11 is 0. The van der Waals surface area contributed by atoms with Gasteiger partial charge >= 0.3 is 6.03 Å². The lowest BCUT2D eigenvalue weighted by atomic mass is 10.1. The summed E-state index contributed by atoms with van der Waals surface area (Å²) in [4.78, 5) is 10.8. The fourth-order valence-electron chi connectivity index (χ4n) is 2.75. The summed E-state index contributed by atoms with van der Waals surface area (Å²) < 4.78 is 0. The first-order valence-corrected chi connectivity index (χ1v) is 6.86. The van der Waals surface area contributed by atoms with Crippen LogP contribution >= 0.6 is 0 Å². The molecule has 0 aliphatic heterocycles. The monoisotopic (exact) mass is 283 g/mol. The number of benzene rings is 2. The molecule has 2 aromatic rings. The van der Waals surface area contributed by atoms with Gasteiger partial charge in [-0.05, 0) is 60.4 Å². The number of amides is 2. The maximum Gasteiger partial charge on any atom is 0.316 e. The van der Waals surface area contributed by atoms with Gasteiger partial charge in [0, 0.05) is 11.4 Å². The van der Waals surface area contributed by atoms with Crippen LogP contribution < -0.4 is 16.4 Å². The summed E-state index contributed by atoms with van der Waals surface area (Å²) in [5.41, 5.74) is 9.15. The molecule has 2 aromatic carbocycles. The summed E-state index contributed by atoms with van der Waals surface area (Å²) in [7, 11) is 0. The smallest absolute Gasteiger partial charge is 0.316 e. The van der Waals surface area contributed by atoms with Crippen molar-refractivity contribution < 1.29 is 9.90 Å². The van der Waals surface area contributed by atoms with Crippen LogP contribution in [0.5, 0.6) is 5.75 Å². The van der Waals surface area contributed by atoms with E-state index in [2.05, 4.69) is 10.6 Å². The molecule has 2 amide bonds. The van der Waals surface area contributed by atoms with Crippen molar-refractivity contribution in [1.82, 2.24) is 0 Å². The zero-order chi connectivity index (χ0) is 14.8. The van der Waals surface area contributed by atoms with Crippen LogP contribution in [0, 0.1) is 0 Å². The van der Waals surface area contributed by atoms with Crippen LogP contribution in [0.2, 0.25) is 0 Å². The first-order valence-electron chi connectivity index (χ1n) is 6.86. The van der Waals surface area contributed by atoms with Crippen LogP contribution in [0.4, 0.5) is 16.2 Å². The van der Waals surface area contributed by atoms with Crippen LogP contribution in [-0.2, 0) is 6.42 Å². The number of aromatic hydroxyl groups is 1. The normalized spacial score (nSPS) is 16.3. The SMILES string of the molecule is NC(=O)Nc1ccc(NC2CCc3cc(O)ccc32)cc1. The van der Waals surface area contributed by atoms with Crippen LogP contribution in [0.1, 0.15) is 23.6 Å². The minimum absolute atomic E-state index is 0.246. The third-order valence-electron chi connectivity index (χ3n) is 3.70. The number of hydrogen-bond donors (Lipinski definition) is 4. The standard InChI is InChI=1S/C16H17N3O2/c17-16(21)19-12-4-2-11(3-5-12)18-15-8-1-10-9-13(20)6-7-14(10)15/h2-7,9,15,18,20H,1,8H2,(H3,17,19,21). The molecule has 0 spiro atoms. The summed E-state index contributed by atoms with van der Waals surface area (Å²) in [6.45, 7) is 0. The zero-order valence-electron chi connectivity index (χ0n) is 11.5.